The van der Waals surface area contributed by atoms with Gasteiger partial charge in [0.15, 0.2) is 5.82 Å². The molecule has 3 N–H and O–H groups in total. The van der Waals surface area contributed by atoms with E-state index in [1.165, 1.54) is 24.4 Å². The molecule has 0 spiro atoms. The van der Waals surface area contributed by atoms with Crippen molar-refractivity contribution < 1.29 is 4.39 Å². The number of nitrogens with one attached hydrogen (secondary N) is 3. The minimum Gasteiger partial charge on any atom is -0.385 e. The summed E-state index contributed by atoms with van der Waals surface area (Å²) in [4.78, 5) is 4.31. The molecular weight excluding hydrogens is 430 g/mol. The SMILES string of the molecule is N#Cc1cnc2c(Cl)cc(NCCc3nn[nH]n3)cc2c1Nc1ccc(F)c(Cl)c1. The lowest BCUT2D eigenvalue weighted by atomic mass is 10.1. The minimum atomic E-state index is -0.529. The van der Waals surface area contributed by atoms with Gasteiger partial charge in [-0.1, -0.05) is 28.4 Å². The predicted molar refractivity (Wildman–Crippen MR) is 113 cm³/mol. The Labute approximate surface area is 180 Å². The number of hydrogen-bond acceptors (Lipinski definition) is 7. The third kappa shape index (κ3) is 4.10. The third-order valence-corrected chi connectivity index (χ3v) is 4.88. The van der Waals surface area contributed by atoms with Gasteiger partial charge in [-0.25, -0.2) is 4.39 Å². The largest absolute Gasteiger partial charge is 0.385 e. The number of halogens is 3. The lowest BCUT2D eigenvalue weighted by molar-refractivity contribution is 0.628. The number of fused-ring (bicyclic) bond motifs is 1. The summed E-state index contributed by atoms with van der Waals surface area (Å²) in [6.07, 6.45) is 1.99. The first-order valence-corrected chi connectivity index (χ1v) is 9.51. The van der Waals surface area contributed by atoms with Crippen LogP contribution in [0.5, 0.6) is 0 Å². The summed E-state index contributed by atoms with van der Waals surface area (Å²) in [6.45, 7) is 0.545. The van der Waals surface area contributed by atoms with Gasteiger partial charge >= 0.3 is 0 Å². The monoisotopic (exact) mass is 442 g/mol. The van der Waals surface area contributed by atoms with Crippen molar-refractivity contribution in [3.8, 4) is 6.07 Å². The maximum atomic E-state index is 13.5. The van der Waals surface area contributed by atoms with Gasteiger partial charge < -0.3 is 10.6 Å². The second kappa shape index (κ2) is 8.49. The van der Waals surface area contributed by atoms with E-state index in [0.717, 1.165) is 5.69 Å². The van der Waals surface area contributed by atoms with Crippen LogP contribution in [0, 0.1) is 17.1 Å². The Morgan fingerprint density at radius 1 is 1.13 bits per heavy atom. The second-order valence-electron chi connectivity index (χ2n) is 6.27. The molecule has 0 aliphatic heterocycles. The number of benzene rings is 2. The van der Waals surface area contributed by atoms with E-state index in [9.17, 15) is 9.65 Å². The van der Waals surface area contributed by atoms with Gasteiger partial charge in [-0.05, 0) is 30.3 Å². The number of aromatic nitrogens is 5. The molecule has 0 fully saturated rings. The molecule has 2 heterocycles. The van der Waals surface area contributed by atoms with Gasteiger partial charge in [0.2, 0.25) is 0 Å². The third-order valence-electron chi connectivity index (χ3n) is 4.30. The Morgan fingerprint density at radius 3 is 2.70 bits per heavy atom. The van der Waals surface area contributed by atoms with Crippen LogP contribution in [0.4, 0.5) is 21.5 Å². The Balaban J connectivity index is 1.70. The number of anilines is 3. The van der Waals surface area contributed by atoms with Crippen LogP contribution in [0.15, 0.2) is 36.5 Å². The van der Waals surface area contributed by atoms with Gasteiger partial charge in [0.05, 0.1) is 26.8 Å². The normalized spacial score (nSPS) is 10.7. The molecule has 11 heteroatoms. The van der Waals surface area contributed by atoms with Crippen LogP contribution >= 0.6 is 23.2 Å². The van der Waals surface area contributed by atoms with Crippen molar-refractivity contribution in [1.29, 1.82) is 5.26 Å². The average Bonchev–Trinajstić information content (AvgIpc) is 3.25. The van der Waals surface area contributed by atoms with Crippen molar-refractivity contribution in [1.82, 2.24) is 25.6 Å². The van der Waals surface area contributed by atoms with Crippen LogP contribution in [-0.2, 0) is 6.42 Å². The Morgan fingerprint density at radius 2 is 1.97 bits per heavy atom. The molecule has 2 aromatic carbocycles. The highest BCUT2D eigenvalue weighted by Crippen LogP contribution is 2.35. The standard InChI is InChI=1S/C19H13Cl2FN8/c20-14-6-11(1-2-16(14)22)26-18-10(8-23)9-25-19-13(18)5-12(7-15(19)21)24-4-3-17-27-29-30-28-17/h1-2,5-7,9,24H,3-4H2,(H,25,26)(H,27,28,29,30). The van der Waals surface area contributed by atoms with E-state index in [1.807, 2.05) is 6.07 Å². The summed E-state index contributed by atoms with van der Waals surface area (Å²) < 4.78 is 13.5. The highest BCUT2D eigenvalue weighted by Gasteiger charge is 2.14. The lowest BCUT2D eigenvalue weighted by Crippen LogP contribution is -2.06. The van der Waals surface area contributed by atoms with Crippen molar-refractivity contribution in [2.75, 3.05) is 17.2 Å². The Kier molecular flexibility index (Phi) is 5.61. The maximum absolute atomic E-state index is 13.5. The number of nitriles is 1. The number of H-pyrrole nitrogens is 1. The van der Waals surface area contributed by atoms with Crippen molar-refractivity contribution in [3.63, 3.8) is 0 Å². The van der Waals surface area contributed by atoms with Crippen LogP contribution in [0.2, 0.25) is 10.0 Å². The van der Waals surface area contributed by atoms with Gasteiger partial charge in [0, 0.05) is 35.9 Å². The molecule has 0 atom stereocenters. The molecule has 0 aliphatic rings. The Bertz CT molecular complexity index is 1250. The molecule has 0 saturated carbocycles. The summed E-state index contributed by atoms with van der Waals surface area (Å²) in [7, 11) is 0. The van der Waals surface area contributed by atoms with E-state index >= 15 is 0 Å². The van der Waals surface area contributed by atoms with Crippen molar-refractivity contribution in [2.45, 2.75) is 6.42 Å². The smallest absolute Gasteiger partial charge is 0.176 e. The molecule has 2 aromatic heterocycles. The van der Waals surface area contributed by atoms with Gasteiger partial charge in [-0.15, -0.1) is 10.2 Å². The molecule has 8 nitrogen and oxygen atoms in total. The zero-order valence-electron chi connectivity index (χ0n) is 15.2. The van der Waals surface area contributed by atoms with E-state index < -0.39 is 5.82 Å². The first-order valence-electron chi connectivity index (χ1n) is 8.76. The first kappa shape index (κ1) is 19.8. The molecule has 0 aliphatic carbocycles. The van der Waals surface area contributed by atoms with E-state index in [2.05, 4.69) is 42.3 Å². The molecule has 0 radical (unpaired) electrons. The van der Waals surface area contributed by atoms with Crippen LogP contribution in [0.3, 0.4) is 0 Å². The van der Waals surface area contributed by atoms with Crippen LogP contribution in [0.25, 0.3) is 10.9 Å². The predicted octanol–water partition coefficient (Wildman–Crippen LogP) is 4.46. The lowest BCUT2D eigenvalue weighted by Gasteiger charge is -2.14. The molecule has 0 bridgehead atoms. The Hall–Kier alpha value is -3.48. The number of hydrogen-bond donors (Lipinski definition) is 3. The van der Waals surface area contributed by atoms with Crippen LogP contribution in [0.1, 0.15) is 11.4 Å². The molecule has 0 amide bonds. The summed E-state index contributed by atoms with van der Waals surface area (Å²) in [6, 6.07) is 9.91. The highest BCUT2D eigenvalue weighted by molar-refractivity contribution is 6.36. The van der Waals surface area contributed by atoms with Crippen molar-refractivity contribution in [3.05, 3.63) is 63.8 Å². The summed E-state index contributed by atoms with van der Waals surface area (Å²) in [5, 5.41) is 30.7. The topological polar surface area (TPSA) is 115 Å². The number of aromatic amines is 1. The molecule has 4 rings (SSSR count). The van der Waals surface area contributed by atoms with E-state index in [-0.39, 0.29) is 5.02 Å². The van der Waals surface area contributed by atoms with E-state index in [4.69, 9.17) is 23.2 Å². The van der Waals surface area contributed by atoms with E-state index in [0.29, 0.717) is 51.7 Å². The molecular formula is C19H13Cl2FN8. The molecule has 150 valence electrons. The first-order chi connectivity index (χ1) is 14.5. The molecule has 4 aromatic rings. The van der Waals surface area contributed by atoms with Crippen molar-refractivity contribution in [2.24, 2.45) is 0 Å². The summed E-state index contributed by atoms with van der Waals surface area (Å²) >= 11 is 12.3. The average molecular weight is 443 g/mol. The van der Waals surface area contributed by atoms with E-state index in [1.54, 1.807) is 6.07 Å². The van der Waals surface area contributed by atoms with Gasteiger partial charge in [0.1, 0.15) is 11.9 Å². The number of rotatable bonds is 6. The molecule has 30 heavy (non-hydrogen) atoms. The minimum absolute atomic E-state index is 0.0290. The zero-order chi connectivity index (χ0) is 21.1. The highest BCUT2D eigenvalue weighted by atomic mass is 35.5. The molecule has 0 unspecified atom stereocenters. The number of nitrogens with zero attached hydrogens (tertiary/aromatic N) is 5. The maximum Gasteiger partial charge on any atom is 0.176 e. The zero-order valence-corrected chi connectivity index (χ0v) is 16.8. The van der Waals surface area contributed by atoms with Crippen molar-refractivity contribution >= 4 is 51.2 Å². The number of tetrazole rings is 1. The fourth-order valence-corrected chi connectivity index (χ4v) is 3.36. The summed E-state index contributed by atoms with van der Waals surface area (Å²) in [5.74, 6) is 0.0526. The van der Waals surface area contributed by atoms with Gasteiger partial charge in [-0.3, -0.25) is 4.98 Å². The fraction of sp³-hybridized carbons (Fsp3) is 0.105. The number of pyridine rings is 1. The van der Waals surface area contributed by atoms with Crippen LogP contribution in [-0.4, -0.2) is 32.2 Å². The molecule has 0 saturated heterocycles. The fourth-order valence-electron chi connectivity index (χ4n) is 2.91. The second-order valence-corrected chi connectivity index (χ2v) is 7.09. The quantitative estimate of drug-likeness (QED) is 0.403. The van der Waals surface area contributed by atoms with Gasteiger partial charge in [0.25, 0.3) is 0 Å². The summed E-state index contributed by atoms with van der Waals surface area (Å²) in [5.41, 5.74) is 2.58. The van der Waals surface area contributed by atoms with Gasteiger partial charge in [-0.2, -0.15) is 10.5 Å². The van der Waals surface area contributed by atoms with Crippen LogP contribution < -0.4 is 10.6 Å².